The number of rotatable bonds is 11. The molecule has 0 aliphatic carbocycles. The molecule has 3 atom stereocenters. The Bertz CT molecular complexity index is 1120. The maximum Gasteiger partial charge on any atom is 0.399 e. The van der Waals surface area contributed by atoms with Gasteiger partial charge in [0.2, 0.25) is 0 Å². The fourth-order valence-electron chi connectivity index (χ4n) is 2.58. The number of benzene rings is 2. The van der Waals surface area contributed by atoms with Gasteiger partial charge in [-0.15, -0.1) is 0 Å². The van der Waals surface area contributed by atoms with Crippen LogP contribution in [-0.4, -0.2) is 60.1 Å². The summed E-state index contributed by atoms with van der Waals surface area (Å²) >= 11 is 11.9. The molecular weight excluding hydrogens is 525 g/mol. The smallest absolute Gasteiger partial charge is 0.382 e. The van der Waals surface area contributed by atoms with Crippen molar-refractivity contribution < 1.29 is 51.0 Å². The second-order valence-electron chi connectivity index (χ2n) is 6.96. The van der Waals surface area contributed by atoms with Crippen LogP contribution < -0.4 is 0 Å². The number of ether oxygens (including phenoxy) is 2. The molecule has 0 aliphatic rings. The molecule has 0 aromatic heterocycles. The molecule has 0 saturated heterocycles. The zero-order chi connectivity index (χ0) is 25.7. The molecule has 0 amide bonds. The minimum absolute atomic E-state index is 0.0249. The molecule has 188 valence electrons. The average Bonchev–Trinajstić information content (AvgIpc) is 2.75. The minimum Gasteiger partial charge on any atom is -0.382 e. The monoisotopic (exact) mass is 544 g/mol. The van der Waals surface area contributed by atoms with Crippen molar-refractivity contribution >= 4 is 39.3 Å². The zero-order valence-corrected chi connectivity index (χ0v) is 19.7. The van der Waals surface area contributed by atoms with Gasteiger partial charge in [-0.2, -0.15) is 17.2 Å². The molecule has 0 fully saturated rings. The lowest BCUT2D eigenvalue weighted by molar-refractivity contribution is -0.375. The van der Waals surface area contributed by atoms with Crippen LogP contribution in [0.3, 0.4) is 0 Å². The van der Waals surface area contributed by atoms with E-state index in [0.717, 1.165) is 0 Å². The number of carbonyl (C=O) groups is 1. The third-order valence-electron chi connectivity index (χ3n) is 4.38. The van der Waals surface area contributed by atoms with Crippen LogP contribution in [-0.2, 0) is 41.8 Å². The second kappa shape index (κ2) is 11.2. The second-order valence-corrected chi connectivity index (χ2v) is 9.35. The summed E-state index contributed by atoms with van der Waals surface area (Å²) in [6, 6.07) is 11.8. The Kier molecular flexibility index (Phi) is 9.36. The first-order valence-electron chi connectivity index (χ1n) is 9.31. The van der Waals surface area contributed by atoms with Crippen LogP contribution >= 0.6 is 23.2 Å². The molecule has 0 saturated carbocycles. The normalized spacial score (nSPS) is 15.9. The first-order chi connectivity index (χ1) is 15.7. The first kappa shape index (κ1) is 28.3. The van der Waals surface area contributed by atoms with Crippen LogP contribution in [0.15, 0.2) is 48.5 Å². The van der Waals surface area contributed by atoms with Crippen molar-refractivity contribution in [3.8, 4) is 0 Å². The topological polar surface area (TPSA) is 140 Å². The fraction of sp³-hybridized carbons (Fsp3) is 0.350. The van der Waals surface area contributed by atoms with Crippen LogP contribution in [0.4, 0.5) is 8.78 Å². The van der Waals surface area contributed by atoms with Gasteiger partial charge in [0.1, 0.15) is 0 Å². The summed E-state index contributed by atoms with van der Waals surface area (Å²) in [6.45, 7) is -1.40. The molecule has 3 N–H and O–H groups in total. The van der Waals surface area contributed by atoms with Crippen molar-refractivity contribution in [2.75, 3.05) is 6.26 Å². The zero-order valence-electron chi connectivity index (χ0n) is 17.4. The highest BCUT2D eigenvalue weighted by atomic mass is 35.5. The van der Waals surface area contributed by atoms with E-state index in [1.165, 1.54) is 36.4 Å². The maximum atomic E-state index is 14.9. The van der Waals surface area contributed by atoms with E-state index >= 15 is 0 Å². The molecule has 0 aliphatic heterocycles. The number of alkyl halides is 2. The molecule has 2 aromatic rings. The summed E-state index contributed by atoms with van der Waals surface area (Å²) in [6.07, 6.45) is -5.27. The maximum absolute atomic E-state index is 14.9. The van der Waals surface area contributed by atoms with Gasteiger partial charge >= 0.3 is 22.0 Å². The van der Waals surface area contributed by atoms with Gasteiger partial charge in [0.15, 0.2) is 12.4 Å². The highest BCUT2D eigenvalue weighted by molar-refractivity contribution is 7.86. The van der Waals surface area contributed by atoms with E-state index in [1.807, 2.05) is 0 Å². The fourth-order valence-corrected chi connectivity index (χ4v) is 3.34. The molecule has 2 rings (SSSR count). The Balaban J connectivity index is 2.34. The standard InChI is InChI=1S/C20H20Cl2F2O9S/c1-34(29,30)33-18(27)19(23,24)20(28,32-11-13-7-3-5-9-15(13)22)16(25)17(26)31-10-12-6-2-4-8-14(12)21/h2-9,16-17,25-26,28H,10-11H2,1H3/t16-,17?,20-/m1/s1. The third-order valence-corrected chi connectivity index (χ3v) is 5.57. The van der Waals surface area contributed by atoms with Crippen LogP contribution in [0.5, 0.6) is 0 Å². The van der Waals surface area contributed by atoms with E-state index in [1.54, 1.807) is 12.1 Å². The highest BCUT2D eigenvalue weighted by Crippen LogP contribution is 2.37. The Morgan fingerprint density at radius 3 is 1.94 bits per heavy atom. The summed E-state index contributed by atoms with van der Waals surface area (Å²) < 4.78 is 65.6. The van der Waals surface area contributed by atoms with Crippen molar-refractivity contribution in [3.05, 3.63) is 69.7 Å². The van der Waals surface area contributed by atoms with E-state index in [2.05, 4.69) is 4.18 Å². The number of hydrogen-bond acceptors (Lipinski definition) is 9. The first-order valence-corrected chi connectivity index (χ1v) is 11.9. The van der Waals surface area contributed by atoms with Crippen LogP contribution in [0.2, 0.25) is 10.0 Å². The highest BCUT2D eigenvalue weighted by Gasteiger charge is 2.67. The van der Waals surface area contributed by atoms with Gasteiger partial charge in [-0.1, -0.05) is 59.6 Å². The lowest BCUT2D eigenvalue weighted by Gasteiger charge is -2.38. The molecule has 0 bridgehead atoms. The lowest BCUT2D eigenvalue weighted by Crippen LogP contribution is -2.65. The minimum atomic E-state index is -5.22. The van der Waals surface area contributed by atoms with E-state index in [9.17, 15) is 37.3 Å². The molecule has 2 aromatic carbocycles. The Morgan fingerprint density at radius 2 is 1.47 bits per heavy atom. The van der Waals surface area contributed by atoms with Crippen molar-refractivity contribution in [2.24, 2.45) is 0 Å². The van der Waals surface area contributed by atoms with Gasteiger partial charge in [-0.3, -0.25) is 0 Å². The Hall–Kier alpha value is -1.90. The molecule has 0 heterocycles. The quantitative estimate of drug-likeness (QED) is 0.287. The predicted molar refractivity (Wildman–Crippen MR) is 115 cm³/mol. The summed E-state index contributed by atoms with van der Waals surface area (Å²) in [5.74, 6) is -12.2. The Morgan fingerprint density at radius 1 is 1.00 bits per heavy atom. The number of aliphatic hydroxyl groups is 3. The summed E-state index contributed by atoms with van der Waals surface area (Å²) in [7, 11) is -4.74. The number of hydrogen-bond donors (Lipinski definition) is 3. The molecule has 0 radical (unpaired) electrons. The third kappa shape index (κ3) is 6.83. The molecule has 9 nitrogen and oxygen atoms in total. The van der Waals surface area contributed by atoms with Gasteiger partial charge in [0.05, 0.1) is 19.5 Å². The molecule has 0 spiro atoms. The lowest BCUT2D eigenvalue weighted by atomic mass is 10.0. The molecule has 1 unspecified atom stereocenters. The summed E-state index contributed by atoms with van der Waals surface area (Å²) in [5.41, 5.74) is 0.340. The number of carbonyl (C=O) groups excluding carboxylic acids is 1. The van der Waals surface area contributed by atoms with Crippen LogP contribution in [0, 0.1) is 0 Å². The van der Waals surface area contributed by atoms with Gasteiger partial charge < -0.3 is 29.0 Å². The van der Waals surface area contributed by atoms with E-state index < -0.39 is 53.4 Å². The Labute approximate surface area is 203 Å². The number of aliphatic hydroxyl groups excluding tert-OH is 2. The molecule has 14 heteroatoms. The van der Waals surface area contributed by atoms with Crippen molar-refractivity contribution in [3.63, 3.8) is 0 Å². The summed E-state index contributed by atoms with van der Waals surface area (Å²) in [5, 5.41) is 31.3. The SMILES string of the molecule is CS(=O)(=O)OC(=O)C(F)(F)[C@](O)(OCc1ccccc1Cl)[C@H](O)C(O)OCc1ccccc1Cl. The van der Waals surface area contributed by atoms with Crippen LogP contribution in [0.25, 0.3) is 0 Å². The van der Waals surface area contributed by atoms with Crippen molar-refractivity contribution in [2.45, 2.75) is 37.3 Å². The van der Waals surface area contributed by atoms with E-state index in [-0.39, 0.29) is 15.6 Å². The molecule has 34 heavy (non-hydrogen) atoms. The van der Waals surface area contributed by atoms with Crippen molar-refractivity contribution in [1.29, 1.82) is 0 Å². The average molecular weight is 545 g/mol. The molecular formula is C20H20Cl2F2O9S. The summed E-state index contributed by atoms with van der Waals surface area (Å²) in [4.78, 5) is 11.9. The van der Waals surface area contributed by atoms with Crippen molar-refractivity contribution in [1.82, 2.24) is 0 Å². The predicted octanol–water partition coefficient (Wildman–Crippen LogP) is 2.23. The van der Waals surface area contributed by atoms with Gasteiger partial charge in [-0.05, 0) is 23.3 Å². The van der Waals surface area contributed by atoms with Gasteiger partial charge in [-0.25, -0.2) is 4.79 Å². The van der Waals surface area contributed by atoms with Gasteiger partial charge in [0, 0.05) is 10.0 Å². The number of halogens is 4. The largest absolute Gasteiger partial charge is 0.399 e. The van der Waals surface area contributed by atoms with Gasteiger partial charge in [0.25, 0.3) is 5.79 Å². The van der Waals surface area contributed by atoms with Crippen LogP contribution in [0.1, 0.15) is 11.1 Å². The van der Waals surface area contributed by atoms with E-state index in [4.69, 9.17) is 32.7 Å². The van der Waals surface area contributed by atoms with E-state index in [0.29, 0.717) is 11.8 Å².